The van der Waals surface area contributed by atoms with Crippen LogP contribution in [0.25, 0.3) is 0 Å². The average Bonchev–Trinajstić information content (AvgIpc) is 2.15. The molecule has 0 spiro atoms. The SMILES string of the molecule is CC(C(=O)NC(F)(F)F)c1ccccc1.Cl. The van der Waals surface area contributed by atoms with E-state index in [1.54, 1.807) is 30.3 Å². The maximum absolute atomic E-state index is 11.9. The molecule has 90 valence electrons. The number of rotatable bonds is 2. The van der Waals surface area contributed by atoms with Crippen LogP contribution >= 0.6 is 12.4 Å². The first-order chi connectivity index (χ1) is 6.90. The zero-order chi connectivity index (χ0) is 11.5. The Hall–Kier alpha value is -1.23. The second-order valence-corrected chi connectivity index (χ2v) is 3.12. The van der Waals surface area contributed by atoms with Crippen LogP contribution in [0, 0.1) is 0 Å². The summed E-state index contributed by atoms with van der Waals surface area (Å²) in [5.41, 5.74) is 0.555. The summed E-state index contributed by atoms with van der Waals surface area (Å²) in [5, 5.41) is 0.978. The molecule has 0 bridgehead atoms. The second kappa shape index (κ2) is 5.75. The van der Waals surface area contributed by atoms with E-state index in [9.17, 15) is 18.0 Å². The van der Waals surface area contributed by atoms with Crippen LogP contribution in [0.2, 0.25) is 0 Å². The van der Waals surface area contributed by atoms with Gasteiger partial charge in [-0.25, -0.2) is 0 Å². The number of hydrogen-bond acceptors (Lipinski definition) is 1. The molecular formula is C10H11ClF3NO. The fourth-order valence-corrected chi connectivity index (χ4v) is 1.14. The summed E-state index contributed by atoms with van der Waals surface area (Å²) >= 11 is 0. The van der Waals surface area contributed by atoms with Gasteiger partial charge in [-0.2, -0.15) is 13.2 Å². The van der Waals surface area contributed by atoms with Crippen molar-refractivity contribution in [1.29, 1.82) is 0 Å². The van der Waals surface area contributed by atoms with E-state index in [0.29, 0.717) is 5.56 Å². The van der Waals surface area contributed by atoms with Crippen molar-refractivity contribution in [2.45, 2.75) is 19.1 Å². The minimum Gasteiger partial charge on any atom is -0.274 e. The Morgan fingerprint density at radius 1 is 1.25 bits per heavy atom. The van der Waals surface area contributed by atoms with Gasteiger partial charge in [-0.3, -0.25) is 10.1 Å². The summed E-state index contributed by atoms with van der Waals surface area (Å²) in [6.45, 7) is 1.43. The summed E-state index contributed by atoms with van der Waals surface area (Å²) in [4.78, 5) is 11.1. The molecule has 0 saturated carbocycles. The highest BCUT2D eigenvalue weighted by molar-refractivity contribution is 5.85. The van der Waals surface area contributed by atoms with Crippen LogP contribution in [0.5, 0.6) is 0 Å². The van der Waals surface area contributed by atoms with E-state index in [0.717, 1.165) is 5.32 Å². The Kier molecular flexibility index (Phi) is 5.30. The highest BCUT2D eigenvalue weighted by Gasteiger charge is 2.32. The average molecular weight is 254 g/mol. The van der Waals surface area contributed by atoms with Crippen molar-refractivity contribution in [3.8, 4) is 0 Å². The molecule has 0 aliphatic heterocycles. The third-order valence-electron chi connectivity index (χ3n) is 1.96. The second-order valence-electron chi connectivity index (χ2n) is 3.12. The first-order valence-corrected chi connectivity index (χ1v) is 4.34. The van der Waals surface area contributed by atoms with Gasteiger partial charge < -0.3 is 0 Å². The Morgan fingerprint density at radius 3 is 2.19 bits per heavy atom. The van der Waals surface area contributed by atoms with Crippen LogP contribution in [0.1, 0.15) is 18.4 Å². The maximum atomic E-state index is 11.9. The summed E-state index contributed by atoms with van der Waals surface area (Å²) in [5.74, 6) is -1.86. The van der Waals surface area contributed by atoms with Gasteiger partial charge in [-0.15, -0.1) is 12.4 Å². The zero-order valence-corrected chi connectivity index (χ0v) is 9.23. The van der Waals surface area contributed by atoms with E-state index in [-0.39, 0.29) is 12.4 Å². The molecular weight excluding hydrogens is 243 g/mol. The van der Waals surface area contributed by atoms with Gasteiger partial charge >= 0.3 is 6.30 Å². The highest BCUT2D eigenvalue weighted by atomic mass is 35.5. The first-order valence-electron chi connectivity index (χ1n) is 4.34. The van der Waals surface area contributed by atoms with E-state index in [1.165, 1.54) is 6.92 Å². The Morgan fingerprint density at radius 2 is 1.75 bits per heavy atom. The number of amides is 1. The third kappa shape index (κ3) is 4.53. The molecule has 1 aromatic rings. The molecule has 16 heavy (non-hydrogen) atoms. The van der Waals surface area contributed by atoms with E-state index in [2.05, 4.69) is 0 Å². The summed E-state index contributed by atoms with van der Waals surface area (Å²) in [7, 11) is 0. The number of carbonyl (C=O) groups excluding carboxylic acids is 1. The molecule has 6 heteroatoms. The van der Waals surface area contributed by atoms with Crippen LogP contribution < -0.4 is 5.32 Å². The highest BCUT2D eigenvalue weighted by Crippen LogP contribution is 2.17. The molecule has 1 atom stereocenters. The predicted molar refractivity (Wildman–Crippen MR) is 56.3 cm³/mol. The topological polar surface area (TPSA) is 29.1 Å². The fraction of sp³-hybridized carbons (Fsp3) is 0.300. The summed E-state index contributed by atoms with van der Waals surface area (Å²) < 4.78 is 35.6. The van der Waals surface area contributed by atoms with Crippen molar-refractivity contribution in [2.75, 3.05) is 0 Å². The number of halogens is 4. The number of alkyl halides is 3. The maximum Gasteiger partial charge on any atom is 0.484 e. The van der Waals surface area contributed by atoms with E-state index in [1.807, 2.05) is 0 Å². The lowest BCUT2D eigenvalue weighted by atomic mass is 10.0. The molecule has 2 nitrogen and oxygen atoms in total. The van der Waals surface area contributed by atoms with Gasteiger partial charge in [-0.05, 0) is 12.5 Å². The van der Waals surface area contributed by atoms with Gasteiger partial charge in [0.05, 0.1) is 5.92 Å². The van der Waals surface area contributed by atoms with Crippen molar-refractivity contribution in [3.05, 3.63) is 35.9 Å². The molecule has 0 saturated heterocycles. The standard InChI is InChI=1S/C10H10F3NO.ClH/c1-7(8-5-3-2-4-6-8)9(15)14-10(11,12)13;/h2-7H,1H3,(H,14,15);1H. The first kappa shape index (κ1) is 14.8. The predicted octanol–water partition coefficient (Wildman–Crippen LogP) is 2.85. The lowest BCUT2D eigenvalue weighted by molar-refractivity contribution is -0.170. The smallest absolute Gasteiger partial charge is 0.274 e. The molecule has 1 N–H and O–H groups in total. The van der Waals surface area contributed by atoms with Gasteiger partial charge in [-0.1, -0.05) is 30.3 Å². The van der Waals surface area contributed by atoms with Crippen molar-refractivity contribution in [1.82, 2.24) is 5.32 Å². The molecule has 0 radical (unpaired) electrons. The fourth-order valence-electron chi connectivity index (χ4n) is 1.14. The molecule has 0 aliphatic rings. The van der Waals surface area contributed by atoms with Gasteiger partial charge in [0.1, 0.15) is 0 Å². The number of carbonyl (C=O) groups is 1. The Labute approximate surface area is 97.3 Å². The third-order valence-corrected chi connectivity index (χ3v) is 1.96. The van der Waals surface area contributed by atoms with Crippen LogP contribution in [-0.4, -0.2) is 12.2 Å². The Bertz CT molecular complexity index is 340. The largest absolute Gasteiger partial charge is 0.484 e. The molecule has 0 aromatic heterocycles. The molecule has 1 rings (SSSR count). The molecule has 1 unspecified atom stereocenters. The van der Waals surface area contributed by atoms with Crippen LogP contribution in [0.3, 0.4) is 0 Å². The normalized spacial score (nSPS) is 12.5. The van der Waals surface area contributed by atoms with Crippen molar-refractivity contribution >= 4 is 18.3 Å². The molecule has 0 heterocycles. The molecule has 0 aliphatic carbocycles. The lowest BCUT2D eigenvalue weighted by Gasteiger charge is -2.14. The van der Waals surface area contributed by atoms with Crippen LogP contribution in [-0.2, 0) is 4.79 Å². The van der Waals surface area contributed by atoms with Crippen LogP contribution in [0.4, 0.5) is 13.2 Å². The summed E-state index contributed by atoms with van der Waals surface area (Å²) in [6.07, 6.45) is -4.67. The summed E-state index contributed by atoms with van der Waals surface area (Å²) in [6, 6.07) is 8.30. The minimum atomic E-state index is -4.67. The van der Waals surface area contributed by atoms with Gasteiger partial charge in [0, 0.05) is 0 Å². The van der Waals surface area contributed by atoms with Crippen LogP contribution in [0.15, 0.2) is 30.3 Å². The van der Waals surface area contributed by atoms with E-state index < -0.39 is 18.1 Å². The van der Waals surface area contributed by atoms with Gasteiger partial charge in [0.2, 0.25) is 5.91 Å². The quantitative estimate of drug-likeness (QED) is 0.807. The molecule has 1 aromatic carbocycles. The van der Waals surface area contributed by atoms with Gasteiger partial charge in [0.15, 0.2) is 0 Å². The number of benzene rings is 1. The molecule has 0 fully saturated rings. The van der Waals surface area contributed by atoms with Gasteiger partial charge in [0.25, 0.3) is 0 Å². The number of nitrogens with one attached hydrogen (secondary N) is 1. The Balaban J connectivity index is 0.00000225. The lowest BCUT2D eigenvalue weighted by Crippen LogP contribution is -2.39. The molecule has 1 amide bonds. The monoisotopic (exact) mass is 253 g/mol. The van der Waals surface area contributed by atoms with Crippen molar-refractivity contribution in [3.63, 3.8) is 0 Å². The van der Waals surface area contributed by atoms with Crippen molar-refractivity contribution in [2.24, 2.45) is 0 Å². The number of hydrogen-bond donors (Lipinski definition) is 1. The van der Waals surface area contributed by atoms with Crippen molar-refractivity contribution < 1.29 is 18.0 Å². The minimum absolute atomic E-state index is 0. The van der Waals surface area contributed by atoms with E-state index in [4.69, 9.17) is 0 Å². The zero-order valence-electron chi connectivity index (χ0n) is 8.41. The van der Waals surface area contributed by atoms with E-state index >= 15 is 0 Å².